The highest BCUT2D eigenvalue weighted by Gasteiger charge is 2.27. The molecule has 0 saturated carbocycles. The van der Waals surface area contributed by atoms with Gasteiger partial charge in [-0.15, -0.1) is 5.10 Å². The minimum absolute atomic E-state index is 0.0848. The Balaban J connectivity index is 2.87. The van der Waals surface area contributed by atoms with Gasteiger partial charge in [-0.25, -0.2) is 0 Å². The second kappa shape index (κ2) is 5.55. The lowest BCUT2D eigenvalue weighted by Gasteiger charge is -2.26. The van der Waals surface area contributed by atoms with E-state index < -0.39 is 5.54 Å². The molecular weight excluding hydrogens is 238 g/mol. The van der Waals surface area contributed by atoms with Crippen molar-refractivity contribution in [1.82, 2.24) is 14.9 Å². The highest BCUT2D eigenvalue weighted by atomic mass is 32.1. The summed E-state index contributed by atoms with van der Waals surface area (Å²) >= 11 is 1.09. The van der Waals surface area contributed by atoms with Crippen LogP contribution in [-0.4, -0.2) is 32.7 Å². The van der Waals surface area contributed by atoms with Gasteiger partial charge in [0.15, 0.2) is 0 Å². The Labute approximate surface area is 105 Å². The number of nitrogens with one attached hydrogen (secondary N) is 1. The van der Waals surface area contributed by atoms with Crippen molar-refractivity contribution in [2.24, 2.45) is 0 Å². The summed E-state index contributed by atoms with van der Waals surface area (Å²) in [5.41, 5.74) is 0.124. The summed E-state index contributed by atoms with van der Waals surface area (Å²) in [5, 5.41) is 16.1. The minimum Gasteiger partial charge on any atom is -0.394 e. The van der Waals surface area contributed by atoms with E-state index >= 15 is 0 Å². The van der Waals surface area contributed by atoms with Crippen molar-refractivity contribution in [3.05, 3.63) is 10.6 Å². The third-order valence-electron chi connectivity index (χ3n) is 2.81. The molecule has 6 heteroatoms. The molecule has 1 heterocycles. The summed E-state index contributed by atoms with van der Waals surface area (Å²) in [6, 6.07) is 0. The van der Waals surface area contributed by atoms with Crippen LogP contribution in [0.15, 0.2) is 0 Å². The molecule has 0 fully saturated rings. The van der Waals surface area contributed by atoms with E-state index in [1.165, 1.54) is 0 Å². The minimum atomic E-state index is -0.588. The van der Waals surface area contributed by atoms with Crippen molar-refractivity contribution in [3.63, 3.8) is 0 Å². The molecule has 1 unspecified atom stereocenters. The molecule has 0 aromatic carbocycles. The summed E-state index contributed by atoms with van der Waals surface area (Å²) < 4.78 is 3.81. The third kappa shape index (κ3) is 3.23. The number of carbonyl (C=O) groups excluding carboxylic acids is 1. The lowest BCUT2D eigenvalue weighted by molar-refractivity contribution is 0.0850. The van der Waals surface area contributed by atoms with Crippen LogP contribution < -0.4 is 5.32 Å². The van der Waals surface area contributed by atoms with Gasteiger partial charge in [-0.3, -0.25) is 4.79 Å². The molecule has 0 aliphatic heterocycles. The monoisotopic (exact) mass is 257 g/mol. The zero-order valence-electron chi connectivity index (χ0n) is 10.6. The maximum atomic E-state index is 12.1. The number of hydrogen-bond acceptors (Lipinski definition) is 5. The van der Waals surface area contributed by atoms with Gasteiger partial charge in [0, 0.05) is 0 Å². The summed E-state index contributed by atoms with van der Waals surface area (Å²) in [6.45, 7) is 7.59. The fraction of sp³-hybridized carbons (Fsp3) is 0.727. The van der Waals surface area contributed by atoms with Crippen LogP contribution in [-0.2, 0) is 0 Å². The van der Waals surface area contributed by atoms with E-state index in [-0.39, 0.29) is 18.4 Å². The van der Waals surface area contributed by atoms with Gasteiger partial charge in [-0.1, -0.05) is 25.3 Å². The summed E-state index contributed by atoms with van der Waals surface area (Å²) in [4.78, 5) is 12.6. The highest BCUT2D eigenvalue weighted by molar-refractivity contribution is 7.08. The first-order valence-corrected chi connectivity index (χ1v) is 6.46. The van der Waals surface area contributed by atoms with E-state index in [9.17, 15) is 9.90 Å². The van der Waals surface area contributed by atoms with E-state index in [1.54, 1.807) is 0 Å². The molecule has 0 aliphatic carbocycles. The molecule has 0 spiro atoms. The van der Waals surface area contributed by atoms with Crippen LogP contribution in [0, 0.1) is 0 Å². The van der Waals surface area contributed by atoms with E-state index in [1.807, 2.05) is 27.7 Å². The molecule has 0 radical (unpaired) electrons. The Morgan fingerprint density at radius 1 is 1.59 bits per heavy atom. The van der Waals surface area contributed by atoms with E-state index in [2.05, 4.69) is 14.9 Å². The number of hydrogen-bond donors (Lipinski definition) is 2. The number of carbonyl (C=O) groups is 1. The maximum absolute atomic E-state index is 12.1. The van der Waals surface area contributed by atoms with Gasteiger partial charge in [0.25, 0.3) is 5.91 Å². The number of amides is 1. The summed E-state index contributed by atoms with van der Waals surface area (Å²) in [6.07, 6.45) is 0.665. The first-order valence-electron chi connectivity index (χ1n) is 5.69. The quantitative estimate of drug-likeness (QED) is 0.839. The average molecular weight is 257 g/mol. The first kappa shape index (κ1) is 14.1. The molecule has 1 aromatic heterocycles. The lowest BCUT2D eigenvalue weighted by Crippen LogP contribution is -2.48. The summed E-state index contributed by atoms with van der Waals surface area (Å²) in [5.74, 6) is -0.0430. The Kier molecular flexibility index (Phi) is 4.59. The average Bonchev–Trinajstić information content (AvgIpc) is 2.77. The van der Waals surface area contributed by atoms with Gasteiger partial charge in [0.2, 0.25) is 0 Å². The number of aromatic nitrogens is 2. The second-order valence-electron chi connectivity index (χ2n) is 4.67. The van der Waals surface area contributed by atoms with E-state index in [0.717, 1.165) is 11.5 Å². The van der Waals surface area contributed by atoms with Crippen molar-refractivity contribution in [3.8, 4) is 0 Å². The molecule has 0 saturated heterocycles. The van der Waals surface area contributed by atoms with Crippen LogP contribution in [0.1, 0.15) is 55.4 Å². The molecule has 5 nitrogen and oxygen atoms in total. The SMILES string of the molecule is CCC(C)(CO)NC(=O)c1snnc1C(C)C. The van der Waals surface area contributed by atoms with Crippen LogP contribution in [0.25, 0.3) is 0 Å². The molecule has 1 amide bonds. The Hall–Kier alpha value is -1.01. The van der Waals surface area contributed by atoms with Crippen LogP contribution in [0.3, 0.4) is 0 Å². The molecule has 1 aromatic rings. The molecule has 1 rings (SSSR count). The van der Waals surface area contributed by atoms with Gasteiger partial charge >= 0.3 is 0 Å². The van der Waals surface area contributed by atoms with Crippen molar-refractivity contribution < 1.29 is 9.90 Å². The number of rotatable bonds is 5. The van der Waals surface area contributed by atoms with Crippen LogP contribution >= 0.6 is 11.5 Å². The predicted molar refractivity (Wildman–Crippen MR) is 67.2 cm³/mol. The molecule has 17 heavy (non-hydrogen) atoms. The molecular formula is C11H19N3O2S. The molecule has 0 bridgehead atoms. The van der Waals surface area contributed by atoms with Crippen LogP contribution in [0.2, 0.25) is 0 Å². The number of nitrogens with zero attached hydrogens (tertiary/aromatic N) is 2. The normalized spacial score (nSPS) is 14.7. The van der Waals surface area contributed by atoms with Crippen molar-refractivity contribution in [1.29, 1.82) is 0 Å². The highest BCUT2D eigenvalue weighted by Crippen LogP contribution is 2.20. The smallest absolute Gasteiger partial charge is 0.265 e. The molecule has 96 valence electrons. The maximum Gasteiger partial charge on any atom is 0.265 e. The van der Waals surface area contributed by atoms with Crippen LogP contribution in [0.5, 0.6) is 0 Å². The summed E-state index contributed by atoms with van der Waals surface area (Å²) in [7, 11) is 0. The number of aliphatic hydroxyl groups excluding tert-OH is 1. The largest absolute Gasteiger partial charge is 0.394 e. The van der Waals surface area contributed by atoms with Crippen molar-refractivity contribution in [2.45, 2.75) is 45.6 Å². The number of aliphatic hydroxyl groups is 1. The Morgan fingerprint density at radius 2 is 2.24 bits per heavy atom. The zero-order valence-corrected chi connectivity index (χ0v) is 11.5. The molecule has 0 aliphatic rings. The van der Waals surface area contributed by atoms with E-state index in [4.69, 9.17) is 0 Å². The zero-order chi connectivity index (χ0) is 13.1. The van der Waals surface area contributed by atoms with Crippen molar-refractivity contribution >= 4 is 17.4 Å². The van der Waals surface area contributed by atoms with Gasteiger partial charge in [0.1, 0.15) is 4.88 Å². The topological polar surface area (TPSA) is 75.1 Å². The lowest BCUT2D eigenvalue weighted by atomic mass is 10.00. The van der Waals surface area contributed by atoms with Gasteiger partial charge in [-0.05, 0) is 30.8 Å². The second-order valence-corrected chi connectivity index (χ2v) is 5.42. The Morgan fingerprint density at radius 3 is 2.71 bits per heavy atom. The predicted octanol–water partition coefficient (Wildman–Crippen LogP) is 1.55. The standard InChI is InChI=1S/C11H19N3O2S/c1-5-11(4,6-15)12-10(16)9-8(7(2)3)13-14-17-9/h7,15H,5-6H2,1-4H3,(H,12,16). The molecule has 2 N–H and O–H groups in total. The van der Waals surface area contributed by atoms with Crippen molar-refractivity contribution in [2.75, 3.05) is 6.61 Å². The van der Waals surface area contributed by atoms with Gasteiger partial charge < -0.3 is 10.4 Å². The first-order chi connectivity index (χ1) is 7.93. The van der Waals surface area contributed by atoms with E-state index in [0.29, 0.717) is 17.0 Å². The van der Waals surface area contributed by atoms with Gasteiger partial charge in [-0.2, -0.15) is 0 Å². The van der Waals surface area contributed by atoms with Crippen LogP contribution in [0.4, 0.5) is 0 Å². The molecule has 1 atom stereocenters. The Bertz CT molecular complexity index is 386. The third-order valence-corrected chi connectivity index (χ3v) is 3.55. The fourth-order valence-electron chi connectivity index (χ4n) is 1.30. The fourth-order valence-corrected chi connectivity index (χ4v) is 2.02. The van der Waals surface area contributed by atoms with Gasteiger partial charge in [0.05, 0.1) is 17.8 Å².